The van der Waals surface area contributed by atoms with Crippen molar-refractivity contribution in [1.82, 2.24) is 0 Å². The van der Waals surface area contributed by atoms with Gasteiger partial charge in [0, 0.05) is 11.5 Å². The number of fused-ring (bicyclic) bond motifs is 2. The van der Waals surface area contributed by atoms with Crippen molar-refractivity contribution in [2.45, 2.75) is 90.6 Å². The maximum absolute atomic E-state index is 6.91. The van der Waals surface area contributed by atoms with Crippen LogP contribution in [0.3, 0.4) is 0 Å². The second-order valence-electron chi connectivity index (χ2n) is 13.4. The molecule has 7 heteroatoms. The molecule has 4 rings (SSSR count). The van der Waals surface area contributed by atoms with Gasteiger partial charge in [0.05, 0.1) is 0 Å². The smallest absolute Gasteiger partial charge is 1.00 e. The molecule has 0 unspecified atom stereocenters. The van der Waals surface area contributed by atoms with Crippen LogP contribution in [0.4, 0.5) is 0 Å². The van der Waals surface area contributed by atoms with Crippen molar-refractivity contribution in [1.29, 1.82) is 0 Å². The van der Waals surface area contributed by atoms with Gasteiger partial charge in [-0.25, -0.2) is 0 Å². The fraction of sp³-hybridized carbons (Fsp3) is 0.438. The largest absolute Gasteiger partial charge is 4.00 e. The fourth-order valence-corrected chi connectivity index (χ4v) is 6.40. The third-order valence-electron chi connectivity index (χ3n) is 8.71. The van der Waals surface area contributed by atoms with E-state index in [0.717, 1.165) is 24.3 Å². The third kappa shape index (κ3) is 7.51. The first-order valence-electron chi connectivity index (χ1n) is 13.3. The third-order valence-corrected chi connectivity index (χ3v) is 17.4. The van der Waals surface area contributed by atoms with E-state index in [4.69, 9.17) is 8.85 Å². The van der Waals surface area contributed by atoms with Gasteiger partial charge in [-0.1, -0.05) is 66.5 Å². The summed E-state index contributed by atoms with van der Waals surface area (Å²) in [5, 5.41) is 5.47. The molecule has 0 aliphatic heterocycles. The van der Waals surface area contributed by atoms with Gasteiger partial charge in [-0.2, -0.15) is 0 Å². The molecule has 0 aliphatic carbocycles. The minimum absolute atomic E-state index is 0. The maximum Gasteiger partial charge on any atom is 4.00 e. The van der Waals surface area contributed by atoms with Gasteiger partial charge in [0.15, 0.2) is 0 Å². The molecule has 0 saturated carbocycles. The summed E-state index contributed by atoms with van der Waals surface area (Å²) in [6.07, 6.45) is 1.86. The molecule has 0 bridgehead atoms. The zero-order valence-corrected chi connectivity index (χ0v) is 32.4. The molecule has 4 aromatic rings. The molecule has 2 nitrogen and oxygen atoms in total. The Morgan fingerprint density at radius 3 is 1.21 bits per heavy atom. The molecular weight excluding hydrogens is 722 g/mol. The van der Waals surface area contributed by atoms with Gasteiger partial charge < -0.3 is 33.7 Å². The summed E-state index contributed by atoms with van der Waals surface area (Å²) in [7, 11) is -3.92. The molecule has 210 valence electrons. The van der Waals surface area contributed by atoms with Crippen LogP contribution in [0, 0.1) is 0 Å². The summed E-state index contributed by atoms with van der Waals surface area (Å²) in [6, 6.07) is 22.0. The molecule has 0 saturated heterocycles. The zero-order chi connectivity index (χ0) is 26.5. The van der Waals surface area contributed by atoms with Crippen molar-refractivity contribution in [3.05, 3.63) is 71.8 Å². The number of hydrogen-bond acceptors (Lipinski definition) is 2. The van der Waals surface area contributed by atoms with E-state index in [2.05, 4.69) is 128 Å². The first-order valence-corrected chi connectivity index (χ1v) is 19.1. The van der Waals surface area contributed by atoms with E-state index < -0.39 is 16.6 Å². The average molecular weight is 766 g/mol. The molecule has 0 radical (unpaired) electrons. The summed E-state index contributed by atoms with van der Waals surface area (Å²) >= 11 is 0. The molecular formula is C32H44Cl2HfO2Si2. The van der Waals surface area contributed by atoms with E-state index in [1.54, 1.807) is 0 Å². The molecule has 4 aromatic carbocycles. The second kappa shape index (κ2) is 13.0. The quantitative estimate of drug-likeness (QED) is 0.210. The van der Waals surface area contributed by atoms with Crippen molar-refractivity contribution >= 4 is 38.2 Å². The Hall–Kier alpha value is -0.856. The Balaban J connectivity index is 0.00000253. The van der Waals surface area contributed by atoms with Crippen LogP contribution >= 0.6 is 0 Å². The fourth-order valence-electron chi connectivity index (χ4n) is 4.32. The number of aryl methyl sites for hydroxylation is 2. The van der Waals surface area contributed by atoms with Gasteiger partial charge in [-0.3, -0.25) is 0 Å². The van der Waals surface area contributed by atoms with Crippen molar-refractivity contribution in [3.63, 3.8) is 0 Å². The average Bonchev–Trinajstić information content (AvgIpc) is 3.27. The van der Waals surface area contributed by atoms with Crippen molar-refractivity contribution in [2.24, 2.45) is 0 Å². The van der Waals surface area contributed by atoms with E-state index in [0.29, 0.717) is 0 Å². The minimum Gasteiger partial charge on any atom is -1.00 e. The second-order valence-corrected chi connectivity index (χ2v) is 22.8. The predicted molar refractivity (Wildman–Crippen MR) is 162 cm³/mol. The van der Waals surface area contributed by atoms with Crippen molar-refractivity contribution in [3.8, 4) is 11.5 Å². The molecule has 39 heavy (non-hydrogen) atoms. The van der Waals surface area contributed by atoms with Gasteiger partial charge in [-0.15, -0.1) is 81.2 Å². The van der Waals surface area contributed by atoms with Crippen LogP contribution < -0.4 is 33.7 Å². The first-order chi connectivity index (χ1) is 16.6. The van der Waals surface area contributed by atoms with Crippen LogP contribution in [-0.2, 0) is 38.7 Å². The molecule has 0 atom stereocenters. The Bertz CT molecular complexity index is 1270. The molecule has 0 aliphatic rings. The molecule has 0 aromatic heterocycles. The Morgan fingerprint density at radius 2 is 0.897 bits per heavy atom. The normalized spacial score (nSPS) is 12.5. The molecule has 0 heterocycles. The van der Waals surface area contributed by atoms with Gasteiger partial charge in [-0.05, 0) is 36.3 Å². The van der Waals surface area contributed by atoms with Gasteiger partial charge in [0.2, 0.25) is 16.6 Å². The number of benzene rings is 2. The van der Waals surface area contributed by atoms with Crippen LogP contribution in [0.15, 0.2) is 60.7 Å². The summed E-state index contributed by atoms with van der Waals surface area (Å²) in [5.74, 6) is 2.15. The van der Waals surface area contributed by atoms with Crippen LogP contribution in [0.25, 0.3) is 21.5 Å². The molecule has 0 amide bonds. The van der Waals surface area contributed by atoms with E-state index in [-0.39, 0.29) is 60.7 Å². The Morgan fingerprint density at radius 1 is 0.590 bits per heavy atom. The van der Waals surface area contributed by atoms with E-state index >= 15 is 0 Å². The van der Waals surface area contributed by atoms with Crippen LogP contribution in [0.2, 0.25) is 36.3 Å². The van der Waals surface area contributed by atoms with Gasteiger partial charge in [0.25, 0.3) is 0 Å². The van der Waals surface area contributed by atoms with E-state index in [9.17, 15) is 0 Å². The monoisotopic (exact) mass is 766 g/mol. The van der Waals surface area contributed by atoms with Crippen molar-refractivity contribution in [2.75, 3.05) is 0 Å². The number of halogens is 2. The molecule has 0 N–H and O–H groups in total. The van der Waals surface area contributed by atoms with Crippen LogP contribution in [0.1, 0.15) is 52.7 Å². The summed E-state index contributed by atoms with van der Waals surface area (Å²) in [5.41, 5.74) is 2.66. The maximum atomic E-state index is 6.91. The van der Waals surface area contributed by atoms with Crippen LogP contribution in [0.5, 0.6) is 11.5 Å². The molecule has 0 fully saturated rings. The van der Waals surface area contributed by atoms with Gasteiger partial charge >= 0.3 is 25.8 Å². The number of rotatable bonds is 7. The van der Waals surface area contributed by atoms with E-state index in [1.165, 1.54) is 32.7 Å². The summed E-state index contributed by atoms with van der Waals surface area (Å²) < 4.78 is 13.8. The Kier molecular flexibility index (Phi) is 12.0. The minimum atomic E-state index is -1.96. The predicted octanol–water partition coefficient (Wildman–Crippen LogP) is 3.99. The standard InChI is InChI=1S/C32H44O2Si2.2ClH.Hf/c1-31(2,3)35(7,8)33-29-21-23-15-11-13-17-25(23)27(29)19-20-28-26-18-14-12-16-24(26)22-30(28)34-36(9,10)32(4,5)6;;;/h11-18,21-22H,19-20H2,1-10H3;2*1H;/q-2;;;+4/p-2. The van der Waals surface area contributed by atoms with E-state index in [1.807, 2.05) is 0 Å². The topological polar surface area (TPSA) is 18.5 Å². The van der Waals surface area contributed by atoms with Gasteiger partial charge in [0.1, 0.15) is 0 Å². The summed E-state index contributed by atoms with van der Waals surface area (Å²) in [4.78, 5) is 0. The number of hydrogen-bond donors (Lipinski definition) is 0. The molecule has 0 spiro atoms. The first kappa shape index (κ1) is 36.2. The summed E-state index contributed by atoms with van der Waals surface area (Å²) in [6.45, 7) is 23.2. The SMILES string of the molecule is CC(C)(C)[Si](C)(C)Oc1[cH-]c2ccccc2c1CCc1c(O[Si](C)(C)C(C)(C)C)[cH-]c2ccccc12.[Cl-].[Cl-].[Hf+4]. The Labute approximate surface area is 269 Å². The zero-order valence-electron chi connectivity index (χ0n) is 25.3. The van der Waals surface area contributed by atoms with Crippen LogP contribution in [-0.4, -0.2) is 16.6 Å². The van der Waals surface area contributed by atoms with Crippen molar-refractivity contribution < 1.29 is 59.5 Å².